The summed E-state index contributed by atoms with van der Waals surface area (Å²) in [7, 11) is 0. The molecule has 6 nitrogen and oxygen atoms in total. The van der Waals surface area contributed by atoms with Gasteiger partial charge in [-0.15, -0.1) is 0 Å². The summed E-state index contributed by atoms with van der Waals surface area (Å²) >= 11 is 0. The molecule has 3 rings (SSSR count). The van der Waals surface area contributed by atoms with Crippen molar-refractivity contribution in [3.05, 3.63) is 41.5 Å². The summed E-state index contributed by atoms with van der Waals surface area (Å²) in [4.78, 5) is 24.1. The number of rotatable bonds is 9. The average Bonchev–Trinajstić information content (AvgIpc) is 2.81. The lowest BCUT2D eigenvalue weighted by molar-refractivity contribution is -0.160. The number of ether oxygens (including phenoxy) is 1. The SMILES string of the molecule is Cc1ncc(-c2ccc(CC[C@H](C)CF)nc2)c(N2CCC(C)(C)CC2)c1[C@H](OC(C)(C)C)C(=O)O. The molecular weight excluding hydrogens is 457 g/mol. The fraction of sp³-hybridized carbons (Fsp3) is 0.621. The Kier molecular flexibility index (Phi) is 8.75. The van der Waals surface area contributed by atoms with Crippen molar-refractivity contribution in [3.63, 3.8) is 0 Å². The number of carboxylic acid groups (broad SMARTS) is 1. The normalized spacial score (nSPS) is 17.6. The van der Waals surface area contributed by atoms with E-state index in [1.807, 2.05) is 59.1 Å². The van der Waals surface area contributed by atoms with E-state index in [4.69, 9.17) is 4.74 Å². The molecule has 0 spiro atoms. The highest BCUT2D eigenvalue weighted by Crippen LogP contribution is 2.43. The van der Waals surface area contributed by atoms with Crippen LogP contribution in [0.1, 0.15) is 83.9 Å². The molecule has 1 N–H and O–H groups in total. The lowest BCUT2D eigenvalue weighted by Crippen LogP contribution is -2.39. The number of hydrogen-bond donors (Lipinski definition) is 1. The molecule has 0 radical (unpaired) electrons. The van der Waals surface area contributed by atoms with Crippen LogP contribution in [0, 0.1) is 18.3 Å². The summed E-state index contributed by atoms with van der Waals surface area (Å²) in [6, 6.07) is 3.99. The summed E-state index contributed by atoms with van der Waals surface area (Å²) in [6.07, 6.45) is 5.99. The van der Waals surface area contributed by atoms with E-state index in [2.05, 4.69) is 28.7 Å². The third-order valence-electron chi connectivity index (χ3n) is 6.97. The molecule has 7 heteroatoms. The second-order valence-electron chi connectivity index (χ2n) is 12.0. The highest BCUT2D eigenvalue weighted by molar-refractivity contribution is 5.86. The molecular formula is C29H42FN3O3. The number of aromatic nitrogens is 2. The molecule has 0 bridgehead atoms. The minimum Gasteiger partial charge on any atom is -0.479 e. The molecule has 1 aliphatic heterocycles. The van der Waals surface area contributed by atoms with Gasteiger partial charge in [-0.2, -0.15) is 0 Å². The first-order valence-corrected chi connectivity index (χ1v) is 13.0. The molecule has 1 aliphatic rings. The number of hydrogen-bond acceptors (Lipinski definition) is 5. The number of pyridine rings is 2. The zero-order valence-corrected chi connectivity index (χ0v) is 22.9. The second-order valence-corrected chi connectivity index (χ2v) is 12.0. The lowest BCUT2D eigenvalue weighted by atomic mass is 9.82. The van der Waals surface area contributed by atoms with Crippen molar-refractivity contribution in [2.75, 3.05) is 24.7 Å². The van der Waals surface area contributed by atoms with Crippen LogP contribution in [0.3, 0.4) is 0 Å². The number of halogens is 1. The summed E-state index contributed by atoms with van der Waals surface area (Å²) < 4.78 is 19.0. The van der Waals surface area contributed by atoms with E-state index in [-0.39, 0.29) is 18.0 Å². The van der Waals surface area contributed by atoms with Crippen LogP contribution < -0.4 is 4.90 Å². The Morgan fingerprint density at radius 1 is 1.19 bits per heavy atom. The van der Waals surface area contributed by atoms with E-state index in [0.717, 1.165) is 61.3 Å². The van der Waals surface area contributed by atoms with E-state index < -0.39 is 17.7 Å². The molecule has 36 heavy (non-hydrogen) atoms. The first-order valence-electron chi connectivity index (χ1n) is 13.0. The highest BCUT2D eigenvalue weighted by Gasteiger charge is 2.35. The molecule has 2 aromatic heterocycles. The number of piperidine rings is 1. The zero-order valence-electron chi connectivity index (χ0n) is 22.9. The van der Waals surface area contributed by atoms with E-state index in [0.29, 0.717) is 11.3 Å². The molecule has 1 fully saturated rings. The van der Waals surface area contributed by atoms with Crippen LogP contribution in [-0.2, 0) is 16.0 Å². The molecule has 1 saturated heterocycles. The van der Waals surface area contributed by atoms with Crippen molar-refractivity contribution in [2.24, 2.45) is 11.3 Å². The van der Waals surface area contributed by atoms with Crippen LogP contribution >= 0.6 is 0 Å². The van der Waals surface area contributed by atoms with Gasteiger partial charge in [0.1, 0.15) is 0 Å². The Hall–Kier alpha value is -2.54. The highest BCUT2D eigenvalue weighted by atomic mass is 19.1. The Morgan fingerprint density at radius 2 is 1.86 bits per heavy atom. The van der Waals surface area contributed by atoms with Crippen LogP contribution in [0.25, 0.3) is 11.1 Å². The molecule has 3 heterocycles. The largest absolute Gasteiger partial charge is 0.479 e. The maximum atomic E-state index is 12.9. The van der Waals surface area contributed by atoms with E-state index >= 15 is 0 Å². The summed E-state index contributed by atoms with van der Waals surface area (Å²) in [5, 5.41) is 10.2. The minimum atomic E-state index is -1.14. The van der Waals surface area contributed by atoms with Gasteiger partial charge in [0.15, 0.2) is 6.10 Å². The van der Waals surface area contributed by atoms with Crippen molar-refractivity contribution in [1.82, 2.24) is 9.97 Å². The predicted molar refractivity (Wildman–Crippen MR) is 142 cm³/mol. The molecule has 2 aromatic rings. The van der Waals surface area contributed by atoms with E-state index in [1.165, 1.54) is 0 Å². The fourth-order valence-electron chi connectivity index (χ4n) is 4.60. The lowest BCUT2D eigenvalue weighted by Gasteiger charge is -2.40. The van der Waals surface area contributed by atoms with Gasteiger partial charge in [0, 0.05) is 53.6 Å². The first-order chi connectivity index (χ1) is 16.8. The van der Waals surface area contributed by atoms with Crippen molar-refractivity contribution >= 4 is 11.7 Å². The maximum Gasteiger partial charge on any atom is 0.337 e. The van der Waals surface area contributed by atoms with Gasteiger partial charge in [0.2, 0.25) is 0 Å². The summed E-state index contributed by atoms with van der Waals surface area (Å²) in [5.74, 6) is -1.01. The third-order valence-corrected chi connectivity index (χ3v) is 6.97. The predicted octanol–water partition coefficient (Wildman–Crippen LogP) is 6.56. The van der Waals surface area contributed by atoms with Gasteiger partial charge >= 0.3 is 5.97 Å². The molecule has 0 saturated carbocycles. The monoisotopic (exact) mass is 499 g/mol. The smallest absolute Gasteiger partial charge is 0.337 e. The number of alkyl halides is 1. The Bertz CT molecular complexity index is 1040. The molecule has 0 aliphatic carbocycles. The Morgan fingerprint density at radius 3 is 2.39 bits per heavy atom. The minimum absolute atomic E-state index is 0.0149. The number of carboxylic acids is 1. The first kappa shape index (κ1) is 28.0. The molecule has 0 unspecified atom stereocenters. The standard InChI is InChI=1S/C29H42FN3O3/c1-19(16-30)8-10-22-11-9-21(17-32-22)23-18-31-20(2)24(26(27(34)35)36-28(3,4)5)25(23)33-14-12-29(6,7)13-15-33/h9,11,17-19,26H,8,10,12-16H2,1-7H3,(H,34,35)/t19-,26-/m0/s1. The van der Waals surface area contributed by atoms with Crippen LogP contribution in [0.5, 0.6) is 0 Å². The van der Waals surface area contributed by atoms with Gasteiger partial charge in [-0.05, 0) is 70.8 Å². The van der Waals surface area contributed by atoms with Crippen molar-refractivity contribution in [1.29, 1.82) is 0 Å². The number of carbonyl (C=O) groups is 1. The molecule has 198 valence electrons. The fourth-order valence-corrected chi connectivity index (χ4v) is 4.60. The van der Waals surface area contributed by atoms with Crippen LogP contribution in [-0.4, -0.2) is 46.4 Å². The molecule has 2 atom stereocenters. The molecule has 0 aromatic carbocycles. The number of aryl methyl sites for hydroxylation is 2. The van der Waals surface area contributed by atoms with Gasteiger partial charge < -0.3 is 14.7 Å². The topological polar surface area (TPSA) is 75.5 Å². The number of anilines is 1. The van der Waals surface area contributed by atoms with Gasteiger partial charge in [-0.25, -0.2) is 4.79 Å². The van der Waals surface area contributed by atoms with Crippen molar-refractivity contribution in [2.45, 2.75) is 85.9 Å². The van der Waals surface area contributed by atoms with Crippen LogP contribution in [0.15, 0.2) is 24.5 Å². The van der Waals surface area contributed by atoms with Gasteiger partial charge in [-0.3, -0.25) is 14.4 Å². The Balaban J connectivity index is 2.10. The van der Waals surface area contributed by atoms with Crippen molar-refractivity contribution < 1.29 is 19.0 Å². The van der Waals surface area contributed by atoms with E-state index in [9.17, 15) is 14.3 Å². The van der Waals surface area contributed by atoms with Crippen molar-refractivity contribution in [3.8, 4) is 11.1 Å². The Labute approximate surface area is 215 Å². The zero-order chi connectivity index (χ0) is 26.7. The van der Waals surface area contributed by atoms with Crippen LogP contribution in [0.2, 0.25) is 0 Å². The quantitative estimate of drug-likeness (QED) is 0.421. The number of aliphatic carboxylic acids is 1. The summed E-state index contributed by atoms with van der Waals surface area (Å²) in [6.45, 7) is 15.2. The van der Waals surface area contributed by atoms with Gasteiger partial charge in [0.25, 0.3) is 0 Å². The van der Waals surface area contributed by atoms with Crippen LogP contribution in [0.4, 0.5) is 10.1 Å². The van der Waals surface area contributed by atoms with Gasteiger partial charge in [0.05, 0.1) is 18.0 Å². The van der Waals surface area contributed by atoms with Gasteiger partial charge in [-0.1, -0.05) is 26.8 Å². The number of nitrogens with zero attached hydrogens (tertiary/aromatic N) is 3. The summed E-state index contributed by atoms with van der Waals surface area (Å²) in [5.41, 5.74) is 4.38. The van der Waals surface area contributed by atoms with E-state index in [1.54, 1.807) is 0 Å². The average molecular weight is 500 g/mol. The molecule has 0 amide bonds. The maximum absolute atomic E-state index is 12.9. The third kappa shape index (κ3) is 7.02. The second kappa shape index (κ2) is 11.2.